The molecule has 2 rings (SSSR count). The van der Waals surface area contributed by atoms with Crippen LogP contribution in [0.5, 0.6) is 0 Å². The smallest absolute Gasteiger partial charge is 0.129 e. The van der Waals surface area contributed by atoms with E-state index >= 15 is 0 Å². The van der Waals surface area contributed by atoms with Gasteiger partial charge in [-0.3, -0.25) is 0 Å². The average molecular weight is 335 g/mol. The largest absolute Gasteiger partial charge is 0.386 e. The Labute approximate surface area is 124 Å². The molecule has 0 aliphatic carbocycles. The molecule has 0 saturated carbocycles. The van der Waals surface area contributed by atoms with Crippen molar-refractivity contribution in [1.82, 2.24) is 0 Å². The first-order valence-corrected chi connectivity index (χ1v) is 6.77. The van der Waals surface area contributed by atoms with Gasteiger partial charge >= 0.3 is 0 Å². The fourth-order valence-electron chi connectivity index (χ4n) is 1.82. The zero-order valence-corrected chi connectivity index (χ0v) is 12.1. The molecule has 2 aromatic rings. The molecular weight excluding hydrogens is 323 g/mol. The van der Waals surface area contributed by atoms with Crippen LogP contribution in [0.4, 0.5) is 10.1 Å². The van der Waals surface area contributed by atoms with E-state index in [-0.39, 0.29) is 12.1 Å². The van der Waals surface area contributed by atoms with Crippen LogP contribution in [0.25, 0.3) is 0 Å². The van der Waals surface area contributed by atoms with Gasteiger partial charge in [-0.2, -0.15) is 5.26 Å². The molecule has 20 heavy (non-hydrogen) atoms. The van der Waals surface area contributed by atoms with E-state index in [1.165, 1.54) is 12.1 Å². The fourth-order valence-corrected chi connectivity index (χ4v) is 2.18. The zero-order valence-electron chi connectivity index (χ0n) is 10.5. The maximum Gasteiger partial charge on any atom is 0.129 e. The normalized spacial score (nSPS) is 11.7. The minimum atomic E-state index is -0.985. The molecule has 0 fully saturated rings. The molecule has 5 heteroatoms. The Morgan fingerprint density at radius 2 is 2.05 bits per heavy atom. The van der Waals surface area contributed by atoms with E-state index in [0.717, 1.165) is 4.47 Å². The van der Waals surface area contributed by atoms with Gasteiger partial charge in [0.05, 0.1) is 17.4 Å². The molecule has 2 aromatic carbocycles. The summed E-state index contributed by atoms with van der Waals surface area (Å²) in [7, 11) is 0. The summed E-state index contributed by atoms with van der Waals surface area (Å²) in [6.45, 7) is 0.117. The summed E-state index contributed by atoms with van der Waals surface area (Å²) in [5.41, 5.74) is 1.29. The lowest BCUT2D eigenvalue weighted by atomic mass is 10.1. The summed E-state index contributed by atoms with van der Waals surface area (Å²) in [4.78, 5) is 0. The maximum atomic E-state index is 13.5. The fraction of sp³-hybridized carbons (Fsp3) is 0.133. The first-order chi connectivity index (χ1) is 9.61. The molecule has 0 aromatic heterocycles. The lowest BCUT2D eigenvalue weighted by Crippen LogP contribution is -2.14. The Balaban J connectivity index is 2.11. The standard InChI is InChI=1S/C15H12BrFN2O/c16-11-6-5-10(8-18)14(7-11)19-9-15(20)12-3-1-2-4-13(12)17/h1-7,15,19-20H,9H2. The lowest BCUT2D eigenvalue weighted by molar-refractivity contribution is 0.186. The van der Waals surface area contributed by atoms with Crippen molar-refractivity contribution in [2.45, 2.75) is 6.10 Å². The highest BCUT2D eigenvalue weighted by atomic mass is 79.9. The summed E-state index contributed by atoms with van der Waals surface area (Å²) < 4.78 is 14.3. The SMILES string of the molecule is N#Cc1ccc(Br)cc1NCC(O)c1ccccc1F. The van der Waals surface area contributed by atoms with Crippen molar-refractivity contribution in [3.63, 3.8) is 0 Å². The summed E-state index contributed by atoms with van der Waals surface area (Å²) in [5.74, 6) is -0.448. The highest BCUT2D eigenvalue weighted by molar-refractivity contribution is 9.10. The van der Waals surface area contributed by atoms with Crippen molar-refractivity contribution in [2.24, 2.45) is 0 Å². The molecule has 3 nitrogen and oxygen atoms in total. The van der Waals surface area contributed by atoms with E-state index < -0.39 is 11.9 Å². The van der Waals surface area contributed by atoms with Crippen molar-refractivity contribution in [2.75, 3.05) is 11.9 Å². The van der Waals surface area contributed by atoms with Gasteiger partial charge in [-0.15, -0.1) is 0 Å². The lowest BCUT2D eigenvalue weighted by Gasteiger charge is -2.14. The van der Waals surface area contributed by atoms with Crippen molar-refractivity contribution in [3.05, 3.63) is 63.9 Å². The van der Waals surface area contributed by atoms with Crippen LogP contribution < -0.4 is 5.32 Å². The van der Waals surface area contributed by atoms with Gasteiger partial charge in [0.2, 0.25) is 0 Å². The van der Waals surface area contributed by atoms with Crippen LogP contribution in [0.15, 0.2) is 46.9 Å². The Morgan fingerprint density at radius 1 is 1.30 bits per heavy atom. The van der Waals surface area contributed by atoms with Crippen LogP contribution in [0.3, 0.4) is 0 Å². The summed E-state index contributed by atoms with van der Waals surface area (Å²) in [6, 6.07) is 13.3. The van der Waals surface area contributed by atoms with Crippen molar-refractivity contribution < 1.29 is 9.50 Å². The van der Waals surface area contributed by atoms with Gasteiger partial charge in [0.25, 0.3) is 0 Å². The van der Waals surface area contributed by atoms with Gasteiger partial charge in [0.15, 0.2) is 0 Å². The summed E-state index contributed by atoms with van der Waals surface area (Å²) >= 11 is 3.32. The molecule has 0 aliphatic rings. The number of halogens is 2. The molecule has 1 atom stereocenters. The summed E-state index contributed by atoms with van der Waals surface area (Å²) in [6.07, 6.45) is -0.985. The number of nitriles is 1. The van der Waals surface area contributed by atoms with Gasteiger partial charge < -0.3 is 10.4 Å². The molecule has 0 bridgehead atoms. The molecule has 0 aliphatic heterocycles. The monoisotopic (exact) mass is 334 g/mol. The van der Waals surface area contributed by atoms with Crippen LogP contribution in [0.2, 0.25) is 0 Å². The number of anilines is 1. The van der Waals surface area contributed by atoms with Gasteiger partial charge in [-0.05, 0) is 24.3 Å². The van der Waals surface area contributed by atoms with Gasteiger partial charge in [-0.1, -0.05) is 34.1 Å². The number of aliphatic hydroxyl groups is 1. The average Bonchev–Trinajstić information content (AvgIpc) is 2.45. The highest BCUT2D eigenvalue weighted by Gasteiger charge is 2.12. The van der Waals surface area contributed by atoms with Crippen molar-refractivity contribution >= 4 is 21.6 Å². The quantitative estimate of drug-likeness (QED) is 0.898. The topological polar surface area (TPSA) is 56.0 Å². The molecule has 0 heterocycles. The number of rotatable bonds is 4. The number of benzene rings is 2. The van der Waals surface area contributed by atoms with E-state index in [0.29, 0.717) is 11.3 Å². The van der Waals surface area contributed by atoms with E-state index in [1.54, 1.807) is 30.3 Å². The Morgan fingerprint density at radius 3 is 2.75 bits per heavy atom. The number of nitrogens with one attached hydrogen (secondary N) is 1. The molecule has 102 valence electrons. The van der Waals surface area contributed by atoms with Crippen LogP contribution in [0.1, 0.15) is 17.2 Å². The predicted octanol–water partition coefficient (Wildman–Crippen LogP) is 3.61. The minimum Gasteiger partial charge on any atom is -0.386 e. The van der Waals surface area contributed by atoms with E-state index in [4.69, 9.17) is 5.26 Å². The molecular formula is C15H12BrFN2O. The predicted molar refractivity (Wildman–Crippen MR) is 78.7 cm³/mol. The second kappa shape index (κ2) is 6.51. The Hall–Kier alpha value is -1.90. The van der Waals surface area contributed by atoms with E-state index in [9.17, 15) is 9.50 Å². The molecule has 0 spiro atoms. The maximum absolute atomic E-state index is 13.5. The molecule has 0 radical (unpaired) electrons. The van der Waals surface area contributed by atoms with Crippen LogP contribution in [0, 0.1) is 17.1 Å². The number of hydrogen-bond acceptors (Lipinski definition) is 3. The molecule has 1 unspecified atom stereocenters. The third-order valence-electron chi connectivity index (χ3n) is 2.85. The van der Waals surface area contributed by atoms with Crippen LogP contribution >= 0.6 is 15.9 Å². The number of hydrogen-bond donors (Lipinski definition) is 2. The second-order valence-electron chi connectivity index (χ2n) is 4.22. The third kappa shape index (κ3) is 3.35. The van der Waals surface area contributed by atoms with Gasteiger partial charge in [-0.25, -0.2) is 4.39 Å². The molecule has 0 saturated heterocycles. The van der Waals surface area contributed by atoms with Crippen LogP contribution in [-0.4, -0.2) is 11.7 Å². The molecule has 0 amide bonds. The van der Waals surface area contributed by atoms with Crippen LogP contribution in [-0.2, 0) is 0 Å². The minimum absolute atomic E-state index is 0.117. The van der Waals surface area contributed by atoms with Gasteiger partial charge in [0, 0.05) is 16.6 Å². The first kappa shape index (κ1) is 14.5. The van der Waals surface area contributed by atoms with Crippen molar-refractivity contribution in [1.29, 1.82) is 5.26 Å². The van der Waals surface area contributed by atoms with E-state index in [1.807, 2.05) is 0 Å². The molecule has 2 N–H and O–H groups in total. The third-order valence-corrected chi connectivity index (χ3v) is 3.35. The number of aliphatic hydroxyl groups excluding tert-OH is 1. The summed E-state index contributed by atoms with van der Waals surface area (Å²) in [5, 5.41) is 22.0. The van der Waals surface area contributed by atoms with E-state index in [2.05, 4.69) is 27.3 Å². The number of nitrogens with zero attached hydrogens (tertiary/aromatic N) is 1. The Kier molecular flexibility index (Phi) is 4.72. The van der Waals surface area contributed by atoms with Crippen molar-refractivity contribution in [3.8, 4) is 6.07 Å². The van der Waals surface area contributed by atoms with Gasteiger partial charge in [0.1, 0.15) is 11.9 Å². The highest BCUT2D eigenvalue weighted by Crippen LogP contribution is 2.23. The first-order valence-electron chi connectivity index (χ1n) is 5.98. The zero-order chi connectivity index (χ0) is 14.5. The Bertz CT molecular complexity index is 655. The second-order valence-corrected chi connectivity index (χ2v) is 5.14.